The van der Waals surface area contributed by atoms with Crippen LogP contribution in [0.4, 0.5) is 17.1 Å². The maximum Gasteiger partial charge on any atom is 0.143 e. The first-order chi connectivity index (χ1) is 28.3. The molecule has 0 aliphatic heterocycles. The number of rotatable bonds is 7. The Morgan fingerprint density at radius 1 is 0.316 bits per heavy atom. The van der Waals surface area contributed by atoms with Crippen LogP contribution in [-0.4, -0.2) is 0 Å². The summed E-state index contributed by atoms with van der Waals surface area (Å²) in [5, 5.41) is 4.76. The lowest BCUT2D eigenvalue weighted by atomic mass is 9.88. The molecule has 268 valence electrons. The molecular formula is C54H35NOS. The maximum absolute atomic E-state index is 6.68. The van der Waals surface area contributed by atoms with Crippen molar-refractivity contribution >= 4 is 70.5 Å². The van der Waals surface area contributed by atoms with Crippen LogP contribution in [0.5, 0.6) is 0 Å². The smallest absolute Gasteiger partial charge is 0.143 e. The Bertz CT molecular complexity index is 3260. The van der Waals surface area contributed by atoms with E-state index in [-0.39, 0.29) is 0 Å². The topological polar surface area (TPSA) is 16.4 Å². The third kappa shape index (κ3) is 5.55. The first-order valence-electron chi connectivity index (χ1n) is 19.4. The minimum atomic E-state index is 0.891. The monoisotopic (exact) mass is 745 g/mol. The van der Waals surface area contributed by atoms with Gasteiger partial charge in [-0.2, -0.15) is 0 Å². The molecule has 11 rings (SSSR count). The van der Waals surface area contributed by atoms with Gasteiger partial charge < -0.3 is 9.32 Å². The van der Waals surface area contributed by atoms with E-state index in [9.17, 15) is 0 Å². The zero-order chi connectivity index (χ0) is 37.7. The average molecular weight is 746 g/mol. The molecular weight excluding hydrogens is 711 g/mol. The van der Waals surface area contributed by atoms with Gasteiger partial charge in [-0.15, -0.1) is 11.3 Å². The SMILES string of the molecule is c1ccc(-c2ccccc2-c2ccccc2-c2ccccc2N(c2ccccc2-c2cccc3c2oc2ccccc23)c2cccc3c2sc2ccccc23)cc1. The van der Waals surface area contributed by atoms with Gasteiger partial charge in [-0.3, -0.25) is 0 Å². The minimum Gasteiger partial charge on any atom is -0.455 e. The van der Waals surface area contributed by atoms with Gasteiger partial charge in [0.05, 0.1) is 21.8 Å². The highest BCUT2D eigenvalue weighted by Gasteiger charge is 2.25. The van der Waals surface area contributed by atoms with Gasteiger partial charge >= 0.3 is 0 Å². The van der Waals surface area contributed by atoms with Crippen LogP contribution in [0.1, 0.15) is 0 Å². The van der Waals surface area contributed by atoms with Crippen LogP contribution in [0.25, 0.3) is 86.6 Å². The molecule has 0 atom stereocenters. The van der Waals surface area contributed by atoms with Crippen LogP contribution in [-0.2, 0) is 0 Å². The Morgan fingerprint density at radius 3 is 1.54 bits per heavy atom. The lowest BCUT2D eigenvalue weighted by Gasteiger charge is -2.30. The van der Waals surface area contributed by atoms with Gasteiger partial charge in [-0.05, 0) is 58.1 Å². The third-order valence-electron chi connectivity index (χ3n) is 11.1. The van der Waals surface area contributed by atoms with Gasteiger partial charge in [0.15, 0.2) is 0 Å². The highest BCUT2D eigenvalue weighted by molar-refractivity contribution is 7.26. The zero-order valence-electron chi connectivity index (χ0n) is 31.0. The molecule has 2 nitrogen and oxygen atoms in total. The van der Waals surface area contributed by atoms with E-state index in [4.69, 9.17) is 4.42 Å². The van der Waals surface area contributed by atoms with Crippen LogP contribution in [0.15, 0.2) is 217 Å². The summed E-state index contributed by atoms with van der Waals surface area (Å²) in [7, 11) is 0. The highest BCUT2D eigenvalue weighted by Crippen LogP contribution is 2.51. The van der Waals surface area contributed by atoms with Crippen molar-refractivity contribution < 1.29 is 4.42 Å². The van der Waals surface area contributed by atoms with E-state index in [1.165, 1.54) is 48.0 Å². The number of nitrogens with zero attached hydrogens (tertiary/aromatic N) is 1. The van der Waals surface area contributed by atoms with Crippen LogP contribution in [0.2, 0.25) is 0 Å². The maximum atomic E-state index is 6.68. The Morgan fingerprint density at radius 2 is 0.789 bits per heavy atom. The van der Waals surface area contributed by atoms with Crippen LogP contribution in [0.3, 0.4) is 0 Å². The number of hydrogen-bond donors (Lipinski definition) is 0. The van der Waals surface area contributed by atoms with Crippen molar-refractivity contribution in [2.45, 2.75) is 0 Å². The van der Waals surface area contributed by atoms with Crippen LogP contribution in [0, 0.1) is 0 Å². The predicted molar refractivity (Wildman–Crippen MR) is 243 cm³/mol. The third-order valence-corrected chi connectivity index (χ3v) is 12.3. The fourth-order valence-corrected chi connectivity index (χ4v) is 9.80. The fraction of sp³-hybridized carbons (Fsp3) is 0. The van der Waals surface area contributed by atoms with Gasteiger partial charge in [0.25, 0.3) is 0 Å². The fourth-order valence-electron chi connectivity index (χ4n) is 8.59. The molecule has 0 aliphatic carbocycles. The second-order valence-corrected chi connectivity index (χ2v) is 15.4. The largest absolute Gasteiger partial charge is 0.455 e. The summed E-state index contributed by atoms with van der Waals surface area (Å²) in [6, 6.07) is 76.4. The quantitative estimate of drug-likeness (QED) is 0.162. The molecule has 0 aliphatic rings. The van der Waals surface area contributed by atoms with Gasteiger partial charge in [-0.25, -0.2) is 0 Å². The number of hydrogen-bond acceptors (Lipinski definition) is 3. The average Bonchev–Trinajstić information content (AvgIpc) is 3.87. The summed E-state index contributed by atoms with van der Waals surface area (Å²) in [5.74, 6) is 0. The van der Waals surface area contributed by atoms with Crippen molar-refractivity contribution in [1.82, 2.24) is 0 Å². The predicted octanol–water partition coefficient (Wildman–Crippen LogP) is 16.1. The Kier molecular flexibility index (Phi) is 8.04. The van der Waals surface area contributed by atoms with E-state index in [2.05, 4.69) is 211 Å². The van der Waals surface area contributed by atoms with Gasteiger partial charge in [0, 0.05) is 42.9 Å². The van der Waals surface area contributed by atoms with Crippen LogP contribution >= 0.6 is 11.3 Å². The lowest BCUT2D eigenvalue weighted by molar-refractivity contribution is 0.670. The molecule has 0 saturated heterocycles. The molecule has 11 aromatic rings. The van der Waals surface area contributed by atoms with Crippen molar-refractivity contribution in [3.05, 3.63) is 212 Å². The van der Waals surface area contributed by atoms with E-state index in [1.807, 2.05) is 17.4 Å². The molecule has 0 spiro atoms. The second-order valence-electron chi connectivity index (χ2n) is 14.4. The van der Waals surface area contributed by atoms with Crippen molar-refractivity contribution in [1.29, 1.82) is 0 Å². The molecule has 0 amide bonds. The number of thiophene rings is 1. The zero-order valence-corrected chi connectivity index (χ0v) is 31.8. The Balaban J connectivity index is 1.20. The molecule has 2 aromatic heterocycles. The molecule has 2 heterocycles. The molecule has 0 unspecified atom stereocenters. The molecule has 0 saturated carbocycles. The summed E-state index contributed by atoms with van der Waals surface area (Å²) >= 11 is 1.85. The summed E-state index contributed by atoms with van der Waals surface area (Å²) < 4.78 is 9.20. The summed E-state index contributed by atoms with van der Waals surface area (Å²) in [6.45, 7) is 0. The molecule has 3 heteroatoms. The molecule has 0 bridgehead atoms. The van der Waals surface area contributed by atoms with Crippen molar-refractivity contribution in [3.63, 3.8) is 0 Å². The highest BCUT2D eigenvalue weighted by atomic mass is 32.1. The van der Waals surface area contributed by atoms with Gasteiger partial charge in [0.1, 0.15) is 11.2 Å². The standard InChI is InChI=1S/C54H35NOS/c1-2-18-36(19-3-1)37-20-4-5-21-38(37)39-22-6-7-23-40(39)41-24-8-12-31-48(41)55(50-33-17-30-47-44-27-11-15-35-52(44)57-54(47)50)49-32-13-9-25-42(49)45-28-16-29-46-43-26-10-14-34-51(43)56-53(45)46/h1-35H. The van der Waals surface area contributed by atoms with E-state index < -0.39 is 0 Å². The summed E-state index contributed by atoms with van der Waals surface area (Å²) in [5.41, 5.74) is 14.3. The Labute approximate surface area is 335 Å². The van der Waals surface area contributed by atoms with Gasteiger partial charge in [-0.1, -0.05) is 182 Å². The number of benzene rings is 9. The number of anilines is 3. The van der Waals surface area contributed by atoms with Crippen molar-refractivity contribution in [2.75, 3.05) is 4.90 Å². The molecule has 9 aromatic carbocycles. The van der Waals surface area contributed by atoms with E-state index in [0.717, 1.165) is 55.7 Å². The Hall–Kier alpha value is -7.20. The summed E-state index contributed by atoms with van der Waals surface area (Å²) in [6.07, 6.45) is 0. The normalized spacial score (nSPS) is 11.5. The molecule has 0 fully saturated rings. The lowest BCUT2D eigenvalue weighted by Crippen LogP contribution is -2.12. The summed E-state index contributed by atoms with van der Waals surface area (Å²) in [4.78, 5) is 2.49. The van der Waals surface area contributed by atoms with Crippen molar-refractivity contribution in [3.8, 4) is 44.5 Å². The second kappa shape index (κ2) is 13.8. The number of furan rings is 1. The van der Waals surface area contributed by atoms with Crippen LogP contribution < -0.4 is 4.90 Å². The minimum absolute atomic E-state index is 0.891. The molecule has 0 radical (unpaired) electrons. The number of para-hydroxylation sites is 4. The molecule has 57 heavy (non-hydrogen) atoms. The molecule has 0 N–H and O–H groups in total. The van der Waals surface area contributed by atoms with Crippen molar-refractivity contribution in [2.24, 2.45) is 0 Å². The first kappa shape index (κ1) is 33.2. The van der Waals surface area contributed by atoms with E-state index in [1.54, 1.807) is 0 Å². The van der Waals surface area contributed by atoms with E-state index >= 15 is 0 Å². The number of fused-ring (bicyclic) bond motifs is 6. The van der Waals surface area contributed by atoms with E-state index in [0.29, 0.717) is 0 Å². The van der Waals surface area contributed by atoms with Gasteiger partial charge in [0.2, 0.25) is 0 Å². The first-order valence-corrected chi connectivity index (χ1v) is 20.2.